The van der Waals surface area contributed by atoms with Crippen LogP contribution in [-0.4, -0.2) is 17.1 Å². The van der Waals surface area contributed by atoms with Gasteiger partial charge in [0.2, 0.25) is 0 Å². The van der Waals surface area contributed by atoms with Crippen LogP contribution in [0, 0.1) is 11.8 Å². The Morgan fingerprint density at radius 2 is 1.92 bits per heavy atom. The van der Waals surface area contributed by atoms with E-state index in [0.717, 1.165) is 25.7 Å². The van der Waals surface area contributed by atoms with Crippen LogP contribution in [0.4, 0.5) is 0 Å². The molecule has 0 aromatic carbocycles. The highest BCUT2D eigenvalue weighted by molar-refractivity contribution is 5.69. The summed E-state index contributed by atoms with van der Waals surface area (Å²) in [6.07, 6.45) is 3.58. The SMILES string of the molecule is CC(N)[C@H]1CC[C@@H](C(=O)O)CC1. The minimum Gasteiger partial charge on any atom is -0.481 e. The maximum absolute atomic E-state index is 10.6. The van der Waals surface area contributed by atoms with E-state index in [1.54, 1.807) is 0 Å². The minimum atomic E-state index is -0.641. The molecule has 0 spiro atoms. The van der Waals surface area contributed by atoms with Crippen LogP contribution in [-0.2, 0) is 4.79 Å². The fourth-order valence-electron chi connectivity index (χ4n) is 1.89. The standard InChI is InChI=1S/C9H17NO2/c1-6(10)7-2-4-8(5-3-7)9(11)12/h6-8H,2-5,10H2,1H3,(H,11,12)/t6?,7-,8+. The predicted octanol–water partition coefficient (Wildman–Crippen LogP) is 1.22. The number of carboxylic acid groups (broad SMARTS) is 1. The summed E-state index contributed by atoms with van der Waals surface area (Å²) in [6, 6.07) is 0.222. The molecule has 1 aliphatic carbocycles. The van der Waals surface area contributed by atoms with Crippen molar-refractivity contribution < 1.29 is 9.90 Å². The first-order chi connectivity index (χ1) is 5.61. The number of rotatable bonds is 2. The Labute approximate surface area is 72.9 Å². The zero-order valence-electron chi connectivity index (χ0n) is 7.49. The molecular formula is C9H17NO2. The van der Waals surface area contributed by atoms with Crippen LogP contribution in [0.5, 0.6) is 0 Å². The fraction of sp³-hybridized carbons (Fsp3) is 0.889. The first kappa shape index (κ1) is 9.52. The van der Waals surface area contributed by atoms with E-state index in [1.165, 1.54) is 0 Å². The first-order valence-corrected chi connectivity index (χ1v) is 4.59. The van der Waals surface area contributed by atoms with Crippen LogP contribution >= 0.6 is 0 Å². The summed E-state index contributed by atoms with van der Waals surface area (Å²) >= 11 is 0. The zero-order valence-corrected chi connectivity index (χ0v) is 7.49. The van der Waals surface area contributed by atoms with Crippen molar-refractivity contribution in [3.05, 3.63) is 0 Å². The third kappa shape index (κ3) is 2.21. The monoisotopic (exact) mass is 171 g/mol. The normalized spacial score (nSPS) is 32.8. The third-order valence-electron chi connectivity index (χ3n) is 2.86. The van der Waals surface area contributed by atoms with Crippen LogP contribution in [0.2, 0.25) is 0 Å². The highest BCUT2D eigenvalue weighted by Crippen LogP contribution is 2.30. The Hall–Kier alpha value is -0.570. The summed E-state index contributed by atoms with van der Waals surface area (Å²) in [5.74, 6) is -0.210. The van der Waals surface area contributed by atoms with E-state index < -0.39 is 5.97 Å². The van der Waals surface area contributed by atoms with Gasteiger partial charge in [-0.3, -0.25) is 4.79 Å². The minimum absolute atomic E-state index is 0.111. The van der Waals surface area contributed by atoms with Crippen molar-refractivity contribution in [2.24, 2.45) is 17.6 Å². The van der Waals surface area contributed by atoms with Gasteiger partial charge in [-0.05, 0) is 38.5 Å². The topological polar surface area (TPSA) is 63.3 Å². The predicted molar refractivity (Wildman–Crippen MR) is 46.7 cm³/mol. The maximum atomic E-state index is 10.6. The molecule has 3 heteroatoms. The summed E-state index contributed by atoms with van der Waals surface area (Å²) in [5.41, 5.74) is 5.74. The molecule has 1 unspecified atom stereocenters. The molecule has 3 N–H and O–H groups in total. The number of hydrogen-bond donors (Lipinski definition) is 2. The second kappa shape index (κ2) is 3.90. The summed E-state index contributed by atoms with van der Waals surface area (Å²) in [4.78, 5) is 10.6. The molecule has 1 saturated carbocycles. The van der Waals surface area contributed by atoms with Gasteiger partial charge >= 0.3 is 5.97 Å². The maximum Gasteiger partial charge on any atom is 0.306 e. The number of aliphatic carboxylic acids is 1. The van der Waals surface area contributed by atoms with Gasteiger partial charge in [0, 0.05) is 6.04 Å². The molecular weight excluding hydrogens is 154 g/mol. The molecule has 0 aliphatic heterocycles. The average Bonchev–Trinajstić information content (AvgIpc) is 2.04. The number of nitrogens with two attached hydrogens (primary N) is 1. The smallest absolute Gasteiger partial charge is 0.306 e. The first-order valence-electron chi connectivity index (χ1n) is 4.59. The molecule has 0 bridgehead atoms. The van der Waals surface area contributed by atoms with Crippen molar-refractivity contribution in [3.8, 4) is 0 Å². The summed E-state index contributed by atoms with van der Waals surface area (Å²) in [7, 11) is 0. The molecule has 1 aliphatic rings. The van der Waals surface area contributed by atoms with Crippen molar-refractivity contribution in [2.75, 3.05) is 0 Å². The molecule has 0 heterocycles. The Bertz CT molecular complexity index is 160. The van der Waals surface area contributed by atoms with Crippen LogP contribution in [0.1, 0.15) is 32.6 Å². The van der Waals surface area contributed by atoms with Crippen LogP contribution < -0.4 is 5.73 Å². The molecule has 0 aromatic rings. The van der Waals surface area contributed by atoms with Gasteiger partial charge in [-0.2, -0.15) is 0 Å². The van der Waals surface area contributed by atoms with Gasteiger partial charge in [0.05, 0.1) is 5.92 Å². The molecule has 0 radical (unpaired) electrons. The quantitative estimate of drug-likeness (QED) is 0.656. The highest BCUT2D eigenvalue weighted by Gasteiger charge is 2.27. The molecule has 1 fully saturated rings. The summed E-state index contributed by atoms with van der Waals surface area (Å²) in [6.45, 7) is 2.01. The lowest BCUT2D eigenvalue weighted by molar-refractivity contribution is -0.143. The molecule has 12 heavy (non-hydrogen) atoms. The van der Waals surface area contributed by atoms with Crippen molar-refractivity contribution in [3.63, 3.8) is 0 Å². The number of hydrogen-bond acceptors (Lipinski definition) is 2. The Balaban J connectivity index is 2.34. The summed E-state index contributed by atoms with van der Waals surface area (Å²) in [5, 5.41) is 8.73. The molecule has 1 atom stereocenters. The van der Waals surface area contributed by atoms with Crippen LogP contribution in [0.25, 0.3) is 0 Å². The van der Waals surface area contributed by atoms with Gasteiger partial charge in [0.25, 0.3) is 0 Å². The van der Waals surface area contributed by atoms with Gasteiger partial charge in [0.15, 0.2) is 0 Å². The van der Waals surface area contributed by atoms with Gasteiger partial charge in [0.1, 0.15) is 0 Å². The molecule has 3 nitrogen and oxygen atoms in total. The van der Waals surface area contributed by atoms with Gasteiger partial charge < -0.3 is 10.8 Å². The van der Waals surface area contributed by atoms with E-state index in [0.29, 0.717) is 5.92 Å². The van der Waals surface area contributed by atoms with E-state index in [1.807, 2.05) is 6.92 Å². The molecule has 0 aromatic heterocycles. The van der Waals surface area contributed by atoms with Gasteiger partial charge in [-0.25, -0.2) is 0 Å². The van der Waals surface area contributed by atoms with Crippen LogP contribution in [0.15, 0.2) is 0 Å². The third-order valence-corrected chi connectivity index (χ3v) is 2.86. The molecule has 0 amide bonds. The van der Waals surface area contributed by atoms with E-state index in [-0.39, 0.29) is 12.0 Å². The second-order valence-corrected chi connectivity index (χ2v) is 3.81. The van der Waals surface area contributed by atoms with E-state index in [2.05, 4.69) is 0 Å². The molecule has 70 valence electrons. The van der Waals surface area contributed by atoms with Crippen molar-refractivity contribution in [2.45, 2.75) is 38.6 Å². The molecule has 1 rings (SSSR count). The van der Waals surface area contributed by atoms with Gasteiger partial charge in [-0.15, -0.1) is 0 Å². The van der Waals surface area contributed by atoms with E-state index in [4.69, 9.17) is 10.8 Å². The van der Waals surface area contributed by atoms with Crippen LogP contribution in [0.3, 0.4) is 0 Å². The Morgan fingerprint density at radius 3 is 2.25 bits per heavy atom. The Morgan fingerprint density at radius 1 is 1.42 bits per heavy atom. The number of carboxylic acids is 1. The number of carbonyl (C=O) groups is 1. The zero-order chi connectivity index (χ0) is 9.14. The fourth-order valence-corrected chi connectivity index (χ4v) is 1.89. The molecule has 0 saturated heterocycles. The highest BCUT2D eigenvalue weighted by atomic mass is 16.4. The summed E-state index contributed by atoms with van der Waals surface area (Å²) < 4.78 is 0. The van der Waals surface area contributed by atoms with Crippen molar-refractivity contribution in [1.29, 1.82) is 0 Å². The Kier molecular flexibility index (Phi) is 3.09. The van der Waals surface area contributed by atoms with Crippen molar-refractivity contribution in [1.82, 2.24) is 0 Å². The lowest BCUT2D eigenvalue weighted by Crippen LogP contribution is -2.31. The van der Waals surface area contributed by atoms with Crippen molar-refractivity contribution >= 4 is 5.97 Å². The average molecular weight is 171 g/mol. The van der Waals surface area contributed by atoms with E-state index >= 15 is 0 Å². The second-order valence-electron chi connectivity index (χ2n) is 3.81. The van der Waals surface area contributed by atoms with Gasteiger partial charge in [-0.1, -0.05) is 0 Å². The van der Waals surface area contributed by atoms with E-state index in [9.17, 15) is 4.79 Å². The largest absolute Gasteiger partial charge is 0.481 e. The lowest BCUT2D eigenvalue weighted by Gasteiger charge is -2.28. The lowest BCUT2D eigenvalue weighted by atomic mass is 9.79.